The fourth-order valence-electron chi connectivity index (χ4n) is 7.66. The number of carbonyl (C=O) groups is 1. The van der Waals surface area contributed by atoms with Gasteiger partial charge in [0, 0.05) is 44.4 Å². The lowest BCUT2D eigenvalue weighted by Crippen LogP contribution is -2.50. The van der Waals surface area contributed by atoms with Gasteiger partial charge in [0.1, 0.15) is 0 Å². The molecule has 1 amide bonds. The molecule has 2 aliphatic carbocycles. The molecule has 5 atom stereocenters. The van der Waals surface area contributed by atoms with Crippen LogP contribution >= 0.6 is 0 Å². The smallest absolute Gasteiger partial charge is 0.342 e. The first-order valence-electron chi connectivity index (χ1n) is 14.4. The minimum atomic E-state index is -4.59. The summed E-state index contributed by atoms with van der Waals surface area (Å²) in [5.74, 6) is 1.18. The fourth-order valence-corrected chi connectivity index (χ4v) is 7.66. The average Bonchev–Trinajstić information content (AvgIpc) is 3.59. The van der Waals surface area contributed by atoms with Gasteiger partial charge < -0.3 is 4.90 Å². The number of hydrogen-bond acceptors (Lipinski definition) is 5. The highest BCUT2D eigenvalue weighted by Crippen LogP contribution is 2.47. The Hall–Kier alpha value is -2.37. The van der Waals surface area contributed by atoms with Gasteiger partial charge in [-0.1, -0.05) is 25.7 Å². The number of alkyl halides is 3. The molecule has 214 valence electrons. The Kier molecular flexibility index (Phi) is 7.04. The normalized spacial score (nSPS) is 29.7. The standard InChI is InChI=1S/C28H39F3N6O2/c1-17(38)35-10-9-20(13-35)21-12-23(28(29,30)31)24-15-36(27(39)37(24)14-21)22-8-4-7-19(11-22)25(18-5-3-6-18)26-33-32-16-34(26)2/h12,14-15,18-20,22,25-26,32-33H,3-11,13,16H2,1-2H3/t19?,20-,22?,25+,26?/m0/s1. The molecule has 2 aromatic heterocycles. The van der Waals surface area contributed by atoms with Crippen LogP contribution < -0.4 is 16.5 Å². The van der Waals surface area contributed by atoms with E-state index in [2.05, 4.69) is 22.8 Å². The molecule has 0 bridgehead atoms. The van der Waals surface area contributed by atoms with Crippen molar-refractivity contribution < 1.29 is 18.0 Å². The summed E-state index contributed by atoms with van der Waals surface area (Å²) in [5.41, 5.74) is 5.92. The molecule has 3 unspecified atom stereocenters. The van der Waals surface area contributed by atoms with E-state index in [0.717, 1.165) is 32.4 Å². The Morgan fingerprint density at radius 2 is 1.82 bits per heavy atom. The predicted molar refractivity (Wildman–Crippen MR) is 141 cm³/mol. The van der Waals surface area contributed by atoms with Crippen LogP contribution in [0.2, 0.25) is 0 Å². The Balaban J connectivity index is 1.33. The van der Waals surface area contributed by atoms with Crippen LogP contribution in [0.3, 0.4) is 0 Å². The van der Waals surface area contributed by atoms with Crippen LogP contribution in [0.4, 0.5) is 13.2 Å². The topological polar surface area (TPSA) is 74.0 Å². The summed E-state index contributed by atoms with van der Waals surface area (Å²) < 4.78 is 45.6. The van der Waals surface area contributed by atoms with E-state index in [1.807, 2.05) is 0 Å². The number of rotatable bonds is 5. The minimum absolute atomic E-state index is 0.0835. The van der Waals surface area contributed by atoms with Gasteiger partial charge in [0.2, 0.25) is 5.91 Å². The molecule has 0 radical (unpaired) electrons. The lowest BCUT2D eigenvalue weighted by molar-refractivity contribution is -0.136. The van der Waals surface area contributed by atoms with Crippen molar-refractivity contribution in [2.75, 3.05) is 26.8 Å². The number of hydrazine groups is 1. The second-order valence-corrected chi connectivity index (χ2v) is 12.2. The predicted octanol–water partition coefficient (Wildman–Crippen LogP) is 3.93. The molecular weight excluding hydrogens is 509 g/mol. The molecule has 8 nitrogen and oxygen atoms in total. The molecular formula is C28H39F3N6O2. The van der Waals surface area contributed by atoms with Crippen LogP contribution in [0.15, 0.2) is 23.3 Å². The van der Waals surface area contributed by atoms with E-state index in [4.69, 9.17) is 0 Å². The Bertz CT molecular complexity index is 1280. The first-order valence-corrected chi connectivity index (χ1v) is 14.4. The molecule has 6 rings (SSSR count). The monoisotopic (exact) mass is 548 g/mol. The molecule has 4 fully saturated rings. The van der Waals surface area contributed by atoms with Crippen LogP contribution in [0.25, 0.3) is 5.52 Å². The number of likely N-dealkylation sites (tertiary alicyclic amines) is 1. The minimum Gasteiger partial charge on any atom is -0.342 e. The van der Waals surface area contributed by atoms with Gasteiger partial charge in [-0.2, -0.15) is 13.2 Å². The third-order valence-corrected chi connectivity index (χ3v) is 9.96. The zero-order valence-corrected chi connectivity index (χ0v) is 22.7. The largest absolute Gasteiger partial charge is 0.418 e. The van der Waals surface area contributed by atoms with Gasteiger partial charge in [0.05, 0.1) is 23.9 Å². The van der Waals surface area contributed by atoms with Crippen molar-refractivity contribution in [3.8, 4) is 0 Å². The van der Waals surface area contributed by atoms with E-state index in [9.17, 15) is 22.8 Å². The first-order chi connectivity index (χ1) is 18.6. The van der Waals surface area contributed by atoms with Gasteiger partial charge >= 0.3 is 11.9 Å². The number of carbonyl (C=O) groups excluding carboxylic acids is 1. The van der Waals surface area contributed by atoms with Gasteiger partial charge in [0.25, 0.3) is 0 Å². The van der Waals surface area contributed by atoms with Crippen molar-refractivity contribution in [3.63, 3.8) is 0 Å². The van der Waals surface area contributed by atoms with Crippen molar-refractivity contribution in [1.29, 1.82) is 0 Å². The molecule has 0 spiro atoms. The van der Waals surface area contributed by atoms with Crippen LogP contribution in [0, 0.1) is 17.8 Å². The molecule has 4 heterocycles. The number of fused-ring (bicyclic) bond motifs is 1. The number of nitrogens with one attached hydrogen (secondary N) is 2. The summed E-state index contributed by atoms with van der Waals surface area (Å²) in [6.07, 6.45) is 6.56. The lowest BCUT2D eigenvalue weighted by Gasteiger charge is -2.46. The highest BCUT2D eigenvalue weighted by Gasteiger charge is 2.44. The van der Waals surface area contributed by atoms with Crippen molar-refractivity contribution in [2.45, 2.75) is 82.6 Å². The van der Waals surface area contributed by atoms with E-state index in [1.54, 1.807) is 15.7 Å². The summed E-state index contributed by atoms with van der Waals surface area (Å²) in [6.45, 7) is 3.14. The van der Waals surface area contributed by atoms with Crippen molar-refractivity contribution in [1.82, 2.24) is 29.6 Å². The molecule has 2 aliphatic heterocycles. The molecule has 11 heteroatoms. The molecule has 0 aromatic carbocycles. The van der Waals surface area contributed by atoms with E-state index >= 15 is 0 Å². The zero-order chi connectivity index (χ0) is 27.5. The molecule has 2 aromatic rings. The summed E-state index contributed by atoms with van der Waals surface area (Å²) in [4.78, 5) is 29.5. The van der Waals surface area contributed by atoms with E-state index < -0.39 is 17.4 Å². The molecule has 2 saturated carbocycles. The Morgan fingerprint density at radius 1 is 1.08 bits per heavy atom. The quantitative estimate of drug-likeness (QED) is 0.593. The number of imidazole rings is 1. The number of halogens is 3. The second-order valence-electron chi connectivity index (χ2n) is 12.2. The Labute approximate surface area is 226 Å². The SMILES string of the molecule is CC(=O)N1CC[C@H](c2cc(C(F)(F)F)c3cn(C4CCCC([C@@H](C5CCC5)C5NNCN5C)C4)c(=O)n3c2)C1. The summed E-state index contributed by atoms with van der Waals surface area (Å²) in [6, 6.07) is 1.07. The lowest BCUT2D eigenvalue weighted by atomic mass is 9.65. The van der Waals surface area contributed by atoms with Gasteiger partial charge in [-0.25, -0.2) is 15.6 Å². The molecule has 2 saturated heterocycles. The number of nitrogens with zero attached hydrogens (tertiary/aromatic N) is 4. The summed E-state index contributed by atoms with van der Waals surface area (Å²) in [5, 5.41) is 0. The van der Waals surface area contributed by atoms with Gasteiger partial charge in [-0.3, -0.25) is 18.7 Å². The number of hydrogen-bond donors (Lipinski definition) is 2. The van der Waals surface area contributed by atoms with Gasteiger partial charge in [0.15, 0.2) is 0 Å². The third kappa shape index (κ3) is 4.91. The Morgan fingerprint density at radius 3 is 2.44 bits per heavy atom. The van der Waals surface area contributed by atoms with Gasteiger partial charge in [-0.15, -0.1) is 0 Å². The number of aromatic nitrogens is 2. The third-order valence-electron chi connectivity index (χ3n) is 9.96. The zero-order valence-electron chi connectivity index (χ0n) is 22.7. The van der Waals surface area contributed by atoms with E-state index in [0.29, 0.717) is 42.8 Å². The van der Waals surface area contributed by atoms with Crippen molar-refractivity contribution in [3.05, 3.63) is 40.1 Å². The van der Waals surface area contributed by atoms with Crippen molar-refractivity contribution in [2.24, 2.45) is 17.8 Å². The van der Waals surface area contributed by atoms with Crippen LogP contribution in [0.1, 0.15) is 81.4 Å². The van der Waals surface area contributed by atoms with E-state index in [-0.39, 0.29) is 29.5 Å². The van der Waals surface area contributed by atoms with E-state index in [1.165, 1.54) is 42.9 Å². The molecule has 2 N–H and O–H groups in total. The maximum Gasteiger partial charge on any atom is 0.418 e. The fraction of sp³-hybridized carbons (Fsp3) is 0.714. The highest BCUT2D eigenvalue weighted by molar-refractivity contribution is 5.73. The second kappa shape index (κ2) is 10.2. The molecule has 4 aliphatic rings. The van der Waals surface area contributed by atoms with Gasteiger partial charge in [-0.05, 0) is 62.1 Å². The average molecular weight is 549 g/mol. The maximum atomic E-state index is 14.3. The van der Waals surface area contributed by atoms with Crippen LogP contribution in [-0.2, 0) is 11.0 Å². The summed E-state index contributed by atoms with van der Waals surface area (Å²) in [7, 11) is 2.12. The maximum absolute atomic E-state index is 14.3. The highest BCUT2D eigenvalue weighted by atomic mass is 19.4. The number of amides is 1. The van der Waals surface area contributed by atoms with Crippen LogP contribution in [0.5, 0.6) is 0 Å². The first kappa shape index (κ1) is 26.8. The van der Waals surface area contributed by atoms with Crippen LogP contribution in [-0.4, -0.2) is 57.6 Å². The summed E-state index contributed by atoms with van der Waals surface area (Å²) >= 11 is 0. The van der Waals surface area contributed by atoms with Crippen molar-refractivity contribution >= 4 is 11.4 Å². The molecule has 39 heavy (non-hydrogen) atoms. The number of pyridine rings is 1.